The third-order valence-electron chi connectivity index (χ3n) is 2.33. The molecule has 1 heterocycles. The molecule has 2 rings (SSSR count). The van der Waals surface area contributed by atoms with Crippen molar-refractivity contribution in [2.45, 2.75) is 18.7 Å². The van der Waals surface area contributed by atoms with Crippen LogP contribution in [0.4, 0.5) is 0 Å². The first kappa shape index (κ1) is 13.2. The van der Waals surface area contributed by atoms with E-state index in [1.165, 1.54) is 11.8 Å². The van der Waals surface area contributed by atoms with Crippen LogP contribution < -0.4 is 4.72 Å². The number of benzene rings is 1. The Balaban J connectivity index is 2.25. The highest BCUT2D eigenvalue weighted by Gasteiger charge is 2.27. The van der Waals surface area contributed by atoms with Crippen molar-refractivity contribution in [1.29, 1.82) is 0 Å². The summed E-state index contributed by atoms with van der Waals surface area (Å²) < 4.78 is 26.4. The van der Waals surface area contributed by atoms with Crippen LogP contribution in [0.5, 0.6) is 0 Å². The molecule has 0 fully saturated rings. The van der Waals surface area contributed by atoms with E-state index < -0.39 is 10.0 Å². The Kier molecular flexibility index (Phi) is 3.77. The summed E-state index contributed by atoms with van der Waals surface area (Å²) in [6.45, 7) is 4.41. The van der Waals surface area contributed by atoms with Crippen LogP contribution in [0.2, 0.25) is 0 Å². The van der Waals surface area contributed by atoms with Gasteiger partial charge < -0.3 is 0 Å². The van der Waals surface area contributed by atoms with Crippen LogP contribution in [0, 0.1) is 6.92 Å². The van der Waals surface area contributed by atoms with E-state index in [1.807, 2.05) is 38.1 Å². The van der Waals surface area contributed by atoms with Gasteiger partial charge in [-0.05, 0) is 26.0 Å². The van der Waals surface area contributed by atoms with Crippen molar-refractivity contribution in [2.24, 2.45) is 4.99 Å². The van der Waals surface area contributed by atoms with Crippen LogP contribution in [0.1, 0.15) is 12.5 Å². The summed E-state index contributed by atoms with van der Waals surface area (Å²) in [5.41, 5.74) is 1.15. The molecule has 0 aromatic heterocycles. The van der Waals surface area contributed by atoms with E-state index in [9.17, 15) is 8.42 Å². The third kappa shape index (κ3) is 2.94. The average Bonchev–Trinajstić information content (AvgIpc) is 2.57. The van der Waals surface area contributed by atoms with Gasteiger partial charge in [0.2, 0.25) is 0 Å². The van der Waals surface area contributed by atoms with Gasteiger partial charge in [0.05, 0.1) is 0 Å². The number of amidine groups is 1. The SMILES string of the molecule is CCN=C1C=C(Sc2ccc(C)cc2)S(=O)(=O)N1. The molecule has 1 aromatic rings. The second-order valence-corrected chi connectivity index (χ2v) is 6.87. The molecule has 0 aliphatic carbocycles. The molecule has 0 spiro atoms. The third-order valence-corrected chi connectivity index (χ3v) is 5.19. The zero-order valence-electron chi connectivity index (χ0n) is 10.2. The van der Waals surface area contributed by atoms with Crippen LogP contribution in [0.25, 0.3) is 0 Å². The van der Waals surface area contributed by atoms with Crippen molar-refractivity contribution >= 4 is 27.6 Å². The number of hydrogen-bond donors (Lipinski definition) is 1. The number of hydrogen-bond acceptors (Lipinski definition) is 4. The maximum absolute atomic E-state index is 11.8. The van der Waals surface area contributed by atoms with E-state index in [1.54, 1.807) is 6.08 Å². The molecule has 18 heavy (non-hydrogen) atoms. The zero-order valence-corrected chi connectivity index (χ0v) is 11.8. The second-order valence-electron chi connectivity index (χ2n) is 3.84. The molecular weight excluding hydrogens is 268 g/mol. The second kappa shape index (κ2) is 5.16. The highest BCUT2D eigenvalue weighted by molar-refractivity contribution is 8.18. The predicted molar refractivity (Wildman–Crippen MR) is 75.2 cm³/mol. The molecule has 1 aliphatic heterocycles. The molecule has 0 saturated carbocycles. The lowest BCUT2D eigenvalue weighted by molar-refractivity contribution is 0.602. The molecule has 0 atom stereocenters. The van der Waals surface area contributed by atoms with E-state index >= 15 is 0 Å². The summed E-state index contributed by atoms with van der Waals surface area (Å²) in [5.74, 6) is 0.409. The topological polar surface area (TPSA) is 58.5 Å². The fourth-order valence-corrected chi connectivity index (χ4v) is 3.76. The normalized spacial score (nSPS) is 19.7. The number of rotatable bonds is 3. The van der Waals surface area contributed by atoms with Crippen molar-refractivity contribution < 1.29 is 8.42 Å². The minimum Gasteiger partial charge on any atom is -0.268 e. The van der Waals surface area contributed by atoms with Gasteiger partial charge >= 0.3 is 0 Å². The van der Waals surface area contributed by atoms with Gasteiger partial charge in [0.1, 0.15) is 10.1 Å². The Hall–Kier alpha value is -1.27. The molecule has 96 valence electrons. The number of nitrogens with one attached hydrogen (secondary N) is 1. The zero-order chi connectivity index (χ0) is 13.2. The summed E-state index contributed by atoms with van der Waals surface area (Å²) in [4.78, 5) is 4.96. The lowest BCUT2D eigenvalue weighted by atomic mass is 10.2. The maximum Gasteiger partial charge on any atom is 0.269 e. The quantitative estimate of drug-likeness (QED) is 0.925. The number of nitrogens with zero attached hydrogens (tertiary/aromatic N) is 1. The first-order valence-electron chi connectivity index (χ1n) is 5.55. The molecule has 1 aromatic carbocycles. The van der Waals surface area contributed by atoms with E-state index in [0.717, 1.165) is 10.5 Å². The van der Waals surface area contributed by atoms with Crippen LogP contribution in [0.15, 0.2) is 44.5 Å². The van der Waals surface area contributed by atoms with Crippen molar-refractivity contribution in [3.05, 3.63) is 40.1 Å². The minimum absolute atomic E-state index is 0.290. The van der Waals surface area contributed by atoms with Crippen molar-refractivity contribution in [3.63, 3.8) is 0 Å². The average molecular weight is 282 g/mol. The molecule has 1 aliphatic rings. The highest BCUT2D eigenvalue weighted by Crippen LogP contribution is 2.32. The van der Waals surface area contributed by atoms with Gasteiger partial charge in [-0.2, -0.15) is 0 Å². The van der Waals surface area contributed by atoms with Crippen LogP contribution in [0.3, 0.4) is 0 Å². The lowest BCUT2D eigenvalue weighted by Gasteiger charge is -2.02. The standard InChI is InChI=1S/C12H14N2O2S2/c1-3-13-11-8-12(18(15,16)14-11)17-10-6-4-9(2)5-7-10/h4-8H,3H2,1-2H3,(H,13,14). The molecular formula is C12H14N2O2S2. The smallest absolute Gasteiger partial charge is 0.268 e. The largest absolute Gasteiger partial charge is 0.269 e. The van der Waals surface area contributed by atoms with E-state index in [4.69, 9.17) is 0 Å². The molecule has 0 bridgehead atoms. The van der Waals surface area contributed by atoms with Gasteiger partial charge in [-0.3, -0.25) is 9.71 Å². The Bertz CT molecular complexity index is 601. The van der Waals surface area contributed by atoms with E-state index in [2.05, 4.69) is 9.71 Å². The van der Waals surface area contributed by atoms with Gasteiger partial charge in [0.15, 0.2) is 0 Å². The molecule has 0 amide bonds. The minimum atomic E-state index is -3.42. The van der Waals surface area contributed by atoms with Gasteiger partial charge in [-0.15, -0.1) is 0 Å². The van der Waals surface area contributed by atoms with E-state index in [-0.39, 0.29) is 0 Å². The van der Waals surface area contributed by atoms with Crippen molar-refractivity contribution in [2.75, 3.05) is 6.54 Å². The fraction of sp³-hybridized carbons (Fsp3) is 0.250. The fourth-order valence-electron chi connectivity index (χ4n) is 1.46. The molecule has 4 nitrogen and oxygen atoms in total. The lowest BCUT2D eigenvalue weighted by Crippen LogP contribution is -2.22. The Labute approximate surface area is 111 Å². The number of aliphatic imine (C=N–C) groups is 1. The molecule has 0 saturated heterocycles. The van der Waals surface area contributed by atoms with Crippen LogP contribution >= 0.6 is 11.8 Å². The van der Waals surface area contributed by atoms with Crippen molar-refractivity contribution in [3.8, 4) is 0 Å². The predicted octanol–water partition coefficient (Wildman–Crippen LogP) is 2.28. The van der Waals surface area contributed by atoms with Crippen molar-refractivity contribution in [1.82, 2.24) is 4.72 Å². The summed E-state index contributed by atoms with van der Waals surface area (Å²) in [6.07, 6.45) is 1.57. The first-order chi connectivity index (χ1) is 8.51. The molecule has 0 radical (unpaired) electrons. The Morgan fingerprint density at radius 1 is 1.28 bits per heavy atom. The highest BCUT2D eigenvalue weighted by atomic mass is 32.3. The summed E-state index contributed by atoms with van der Waals surface area (Å²) in [7, 11) is -3.42. The molecule has 6 heteroatoms. The Morgan fingerprint density at radius 3 is 2.56 bits per heavy atom. The first-order valence-corrected chi connectivity index (χ1v) is 7.85. The summed E-state index contributed by atoms with van der Waals surface area (Å²) in [5, 5.41) is 0. The Morgan fingerprint density at radius 2 is 1.94 bits per heavy atom. The summed E-state index contributed by atoms with van der Waals surface area (Å²) in [6, 6.07) is 7.73. The van der Waals surface area contributed by atoms with Gasteiger partial charge in [0.25, 0.3) is 10.0 Å². The van der Waals surface area contributed by atoms with Crippen LogP contribution in [-0.2, 0) is 10.0 Å². The van der Waals surface area contributed by atoms with Gasteiger partial charge in [0, 0.05) is 17.5 Å². The maximum atomic E-state index is 11.8. The van der Waals surface area contributed by atoms with Gasteiger partial charge in [-0.25, -0.2) is 8.42 Å². The van der Waals surface area contributed by atoms with Crippen LogP contribution in [-0.4, -0.2) is 20.8 Å². The molecule has 1 N–H and O–H groups in total. The number of thioether (sulfide) groups is 1. The number of sulfonamides is 1. The molecule has 0 unspecified atom stereocenters. The van der Waals surface area contributed by atoms with Gasteiger partial charge in [-0.1, -0.05) is 29.5 Å². The van der Waals surface area contributed by atoms with E-state index in [0.29, 0.717) is 16.6 Å². The number of aryl methyl sites for hydroxylation is 1. The monoisotopic (exact) mass is 282 g/mol. The summed E-state index contributed by atoms with van der Waals surface area (Å²) >= 11 is 1.23.